The molecule has 43 heavy (non-hydrogen) atoms. The van der Waals surface area contributed by atoms with Crippen molar-refractivity contribution in [3.63, 3.8) is 0 Å². The Labute approximate surface area is 267 Å². The van der Waals surface area contributed by atoms with Gasteiger partial charge in [0, 0.05) is 37.8 Å². The van der Waals surface area contributed by atoms with Gasteiger partial charge < -0.3 is 9.80 Å². The van der Waals surface area contributed by atoms with Crippen molar-refractivity contribution in [1.82, 2.24) is 9.80 Å². The molecule has 0 bridgehead atoms. The van der Waals surface area contributed by atoms with Crippen LogP contribution in [0.2, 0.25) is 0 Å². The number of nitrogens with zero attached hydrogens (tertiary/aromatic N) is 2. The largest absolute Gasteiger partial charge is 0.353 e. The van der Waals surface area contributed by atoms with Gasteiger partial charge in [-0.15, -0.1) is 0 Å². The van der Waals surface area contributed by atoms with E-state index in [-0.39, 0.29) is 5.66 Å². The molecule has 1 aliphatic heterocycles. The smallest absolute Gasteiger partial charge is 0.123 e. The van der Waals surface area contributed by atoms with E-state index in [1.165, 1.54) is 127 Å². The minimum Gasteiger partial charge on any atom is -0.353 e. The maximum absolute atomic E-state index is 2.74. The fraction of sp³-hybridized carbons (Fsp3) is 0.659. The van der Waals surface area contributed by atoms with E-state index in [2.05, 4.69) is 104 Å². The van der Waals surface area contributed by atoms with Gasteiger partial charge in [0.1, 0.15) is 5.66 Å². The molecule has 0 saturated heterocycles. The Morgan fingerprint density at radius 3 is 1.40 bits per heavy atom. The lowest BCUT2D eigenvalue weighted by atomic mass is 9.78. The summed E-state index contributed by atoms with van der Waals surface area (Å²) in [6, 6.07) is 22.5. The molecular formula is C41H66N2. The van der Waals surface area contributed by atoms with Crippen LogP contribution in [0.4, 0.5) is 0 Å². The van der Waals surface area contributed by atoms with E-state index < -0.39 is 0 Å². The molecule has 1 aliphatic rings. The SMILES string of the molecule is CCCCCCCCCCCCCCCCCCCN1C=CN(CCC)C1(Cc1ccccc1)C(CC)c1ccccc1. The molecule has 2 atom stereocenters. The fourth-order valence-corrected chi connectivity index (χ4v) is 7.51. The second-order valence-electron chi connectivity index (χ2n) is 13.3. The Bertz CT molecular complexity index is 954. The maximum atomic E-state index is 2.74. The first kappa shape index (κ1) is 35.3. The highest BCUT2D eigenvalue weighted by Gasteiger charge is 2.49. The minimum absolute atomic E-state index is 0.0531. The van der Waals surface area contributed by atoms with Crippen LogP contribution in [0.1, 0.15) is 160 Å². The number of benzene rings is 2. The molecule has 2 heteroatoms. The Morgan fingerprint density at radius 1 is 0.488 bits per heavy atom. The van der Waals surface area contributed by atoms with Gasteiger partial charge in [-0.2, -0.15) is 0 Å². The molecule has 0 amide bonds. The van der Waals surface area contributed by atoms with Crippen molar-refractivity contribution in [2.24, 2.45) is 0 Å². The summed E-state index contributed by atoms with van der Waals surface area (Å²) in [7, 11) is 0. The van der Waals surface area contributed by atoms with E-state index in [0.717, 1.165) is 25.9 Å². The maximum Gasteiger partial charge on any atom is 0.123 e. The van der Waals surface area contributed by atoms with Crippen molar-refractivity contribution in [2.45, 2.75) is 161 Å². The third-order valence-electron chi connectivity index (χ3n) is 9.86. The summed E-state index contributed by atoms with van der Waals surface area (Å²) in [6.45, 7) is 9.26. The minimum atomic E-state index is -0.0531. The van der Waals surface area contributed by atoms with E-state index >= 15 is 0 Å². The van der Waals surface area contributed by atoms with Crippen LogP contribution in [0.3, 0.4) is 0 Å². The van der Waals surface area contributed by atoms with Gasteiger partial charge in [0.05, 0.1) is 0 Å². The van der Waals surface area contributed by atoms with E-state index in [1.807, 2.05) is 0 Å². The molecule has 0 N–H and O–H groups in total. The average molecular weight is 587 g/mol. The van der Waals surface area contributed by atoms with Crippen LogP contribution in [0.15, 0.2) is 73.1 Å². The van der Waals surface area contributed by atoms with Crippen molar-refractivity contribution in [2.75, 3.05) is 13.1 Å². The van der Waals surface area contributed by atoms with Crippen LogP contribution in [0.5, 0.6) is 0 Å². The van der Waals surface area contributed by atoms with Crippen molar-refractivity contribution < 1.29 is 0 Å². The van der Waals surface area contributed by atoms with Crippen molar-refractivity contribution in [3.8, 4) is 0 Å². The van der Waals surface area contributed by atoms with E-state index in [9.17, 15) is 0 Å². The summed E-state index contributed by atoms with van der Waals surface area (Å²) in [5, 5.41) is 0. The standard InChI is InChI=1S/C41H66N2/c1-4-7-8-9-10-11-12-13-14-15-16-17-18-19-20-21-28-34-43-36-35-42(33-5-2)41(43,37-38-29-24-22-25-30-38)40(6-3)39-31-26-23-27-32-39/h22-27,29-32,35-36,40H,4-21,28,33-34,37H2,1-3H3. The van der Waals surface area contributed by atoms with Crippen LogP contribution < -0.4 is 0 Å². The van der Waals surface area contributed by atoms with Gasteiger partial charge in [-0.3, -0.25) is 0 Å². The summed E-state index contributed by atoms with van der Waals surface area (Å²) in [5.74, 6) is 0.446. The van der Waals surface area contributed by atoms with Gasteiger partial charge in [0.25, 0.3) is 0 Å². The highest BCUT2D eigenvalue weighted by molar-refractivity contribution is 5.30. The molecule has 2 unspecified atom stereocenters. The Hall–Kier alpha value is -2.22. The highest BCUT2D eigenvalue weighted by atomic mass is 15.4. The van der Waals surface area contributed by atoms with Gasteiger partial charge >= 0.3 is 0 Å². The van der Waals surface area contributed by atoms with Crippen molar-refractivity contribution in [3.05, 3.63) is 84.2 Å². The second-order valence-corrected chi connectivity index (χ2v) is 13.3. The first-order chi connectivity index (χ1) is 21.3. The molecule has 2 aromatic carbocycles. The molecule has 0 spiro atoms. The molecular weight excluding hydrogens is 520 g/mol. The van der Waals surface area contributed by atoms with Crippen LogP contribution in [-0.4, -0.2) is 28.6 Å². The third-order valence-corrected chi connectivity index (χ3v) is 9.86. The molecule has 2 aromatic rings. The molecule has 0 aromatic heterocycles. The van der Waals surface area contributed by atoms with Gasteiger partial charge in [-0.25, -0.2) is 0 Å². The zero-order chi connectivity index (χ0) is 30.4. The summed E-state index contributed by atoms with van der Waals surface area (Å²) < 4.78 is 0. The summed E-state index contributed by atoms with van der Waals surface area (Å²) in [4.78, 5) is 5.43. The number of hydrogen-bond acceptors (Lipinski definition) is 2. The van der Waals surface area contributed by atoms with Crippen molar-refractivity contribution >= 4 is 0 Å². The van der Waals surface area contributed by atoms with Crippen LogP contribution in [0, 0.1) is 0 Å². The lowest BCUT2D eigenvalue weighted by Crippen LogP contribution is -2.59. The first-order valence-electron chi connectivity index (χ1n) is 18.6. The topological polar surface area (TPSA) is 6.48 Å². The molecule has 0 saturated carbocycles. The molecule has 240 valence electrons. The summed E-state index contributed by atoms with van der Waals surface area (Å²) >= 11 is 0. The normalized spacial score (nSPS) is 17.2. The van der Waals surface area contributed by atoms with E-state index in [4.69, 9.17) is 0 Å². The van der Waals surface area contributed by atoms with Crippen LogP contribution >= 0.6 is 0 Å². The quantitative estimate of drug-likeness (QED) is 0.107. The van der Waals surface area contributed by atoms with Gasteiger partial charge in [0.15, 0.2) is 0 Å². The predicted octanol–water partition coefficient (Wildman–Crippen LogP) is 12.3. The first-order valence-corrected chi connectivity index (χ1v) is 18.6. The van der Waals surface area contributed by atoms with Crippen LogP contribution in [0.25, 0.3) is 0 Å². The second kappa shape index (κ2) is 21.5. The fourth-order valence-electron chi connectivity index (χ4n) is 7.51. The molecule has 0 aliphatic carbocycles. The number of rotatable bonds is 25. The Kier molecular flexibility index (Phi) is 17.6. The predicted molar refractivity (Wildman–Crippen MR) is 189 cm³/mol. The van der Waals surface area contributed by atoms with Gasteiger partial charge in [-0.1, -0.05) is 184 Å². The highest BCUT2D eigenvalue weighted by Crippen LogP contribution is 2.45. The Morgan fingerprint density at radius 2 is 0.930 bits per heavy atom. The summed E-state index contributed by atoms with van der Waals surface area (Å²) in [6.07, 6.45) is 32.4. The van der Waals surface area contributed by atoms with Crippen LogP contribution in [-0.2, 0) is 6.42 Å². The number of unbranched alkanes of at least 4 members (excludes halogenated alkanes) is 16. The monoisotopic (exact) mass is 587 g/mol. The molecule has 1 heterocycles. The van der Waals surface area contributed by atoms with E-state index in [0.29, 0.717) is 5.92 Å². The molecule has 0 fully saturated rings. The average Bonchev–Trinajstić information content (AvgIpc) is 3.36. The summed E-state index contributed by atoms with van der Waals surface area (Å²) in [5.41, 5.74) is 2.86. The van der Waals surface area contributed by atoms with Crippen molar-refractivity contribution in [1.29, 1.82) is 0 Å². The Balaban J connectivity index is 1.44. The molecule has 0 radical (unpaired) electrons. The zero-order valence-electron chi connectivity index (χ0n) is 28.5. The lowest BCUT2D eigenvalue weighted by molar-refractivity contribution is -0.00287. The number of hydrogen-bond donors (Lipinski definition) is 0. The molecule has 2 nitrogen and oxygen atoms in total. The van der Waals surface area contributed by atoms with E-state index in [1.54, 1.807) is 0 Å². The lowest BCUT2D eigenvalue weighted by Gasteiger charge is -2.51. The van der Waals surface area contributed by atoms with Gasteiger partial charge in [0.2, 0.25) is 0 Å². The third kappa shape index (κ3) is 11.7. The zero-order valence-corrected chi connectivity index (χ0v) is 28.5. The molecule has 3 rings (SSSR count). The van der Waals surface area contributed by atoms with Gasteiger partial charge in [-0.05, 0) is 30.4 Å².